The van der Waals surface area contributed by atoms with Crippen molar-refractivity contribution in [3.05, 3.63) is 0 Å². The lowest BCUT2D eigenvalue weighted by Gasteiger charge is -2.56. The average molecular weight is 364 g/mol. The predicted molar refractivity (Wildman–Crippen MR) is 104 cm³/mol. The highest BCUT2D eigenvalue weighted by atomic mass is 16.2. The highest BCUT2D eigenvalue weighted by Crippen LogP contribution is 2.61. The van der Waals surface area contributed by atoms with Crippen molar-refractivity contribution in [1.29, 1.82) is 0 Å². The van der Waals surface area contributed by atoms with Crippen LogP contribution in [0.1, 0.15) is 65.7 Å². The van der Waals surface area contributed by atoms with Crippen molar-refractivity contribution in [1.82, 2.24) is 15.5 Å². The van der Waals surface area contributed by atoms with E-state index < -0.39 is 0 Å². The molecule has 4 rings (SSSR count). The summed E-state index contributed by atoms with van der Waals surface area (Å²) in [6, 6.07) is 0.483. The Balaban J connectivity index is 1.36. The summed E-state index contributed by atoms with van der Waals surface area (Å²) in [4.78, 5) is 26.8. The quantitative estimate of drug-likeness (QED) is 0.662. The second-order valence-electron chi connectivity index (χ2n) is 9.44. The van der Waals surface area contributed by atoms with Gasteiger partial charge in [0.05, 0.1) is 6.54 Å². The summed E-state index contributed by atoms with van der Waals surface area (Å²) < 4.78 is 0. The number of likely N-dealkylation sites (N-methyl/N-ethyl adjacent to an activating group) is 1. The van der Waals surface area contributed by atoms with E-state index in [4.69, 9.17) is 0 Å². The second-order valence-corrected chi connectivity index (χ2v) is 9.44. The molecular formula is C21H37N3O2. The minimum absolute atomic E-state index is 0.0689. The van der Waals surface area contributed by atoms with Crippen LogP contribution in [-0.4, -0.2) is 48.9 Å². The van der Waals surface area contributed by atoms with Gasteiger partial charge in [-0.15, -0.1) is 0 Å². The van der Waals surface area contributed by atoms with Crippen molar-refractivity contribution in [3.63, 3.8) is 0 Å². The lowest BCUT2D eigenvalue weighted by molar-refractivity contribution is -0.131. The zero-order valence-corrected chi connectivity index (χ0v) is 16.9. The minimum Gasteiger partial charge on any atom is -0.353 e. The molecule has 148 valence electrons. The number of hydrogen-bond donors (Lipinski definition) is 2. The third-order valence-corrected chi connectivity index (χ3v) is 7.00. The lowest BCUT2D eigenvalue weighted by Crippen LogP contribution is -2.48. The van der Waals surface area contributed by atoms with Gasteiger partial charge in [-0.2, -0.15) is 0 Å². The molecule has 0 aromatic carbocycles. The van der Waals surface area contributed by atoms with E-state index in [1.54, 1.807) is 0 Å². The van der Waals surface area contributed by atoms with Crippen molar-refractivity contribution in [2.45, 2.75) is 71.8 Å². The Morgan fingerprint density at radius 3 is 2.08 bits per heavy atom. The van der Waals surface area contributed by atoms with E-state index in [1.807, 2.05) is 0 Å². The third kappa shape index (κ3) is 4.79. The van der Waals surface area contributed by atoms with Gasteiger partial charge in [0, 0.05) is 25.6 Å². The van der Waals surface area contributed by atoms with E-state index in [-0.39, 0.29) is 23.8 Å². The Hall–Kier alpha value is -1.10. The number of nitrogens with zero attached hydrogens (tertiary/aromatic N) is 1. The Bertz CT molecular complexity index is 482. The standard InChI is InChI=1S/C21H37N3O2/c1-4-24(15(2)3)6-5-22-20(26)14-23-19(25)13-21-10-16-7-17(11-21)9-18(8-16)12-21/h15-18H,4-14H2,1-3H3,(H,22,26)(H,23,25). The number of carbonyl (C=O) groups is 2. The van der Waals surface area contributed by atoms with Crippen molar-refractivity contribution in [2.75, 3.05) is 26.2 Å². The molecular weight excluding hydrogens is 326 g/mol. The van der Waals surface area contributed by atoms with Crippen molar-refractivity contribution >= 4 is 11.8 Å². The van der Waals surface area contributed by atoms with E-state index in [2.05, 4.69) is 36.3 Å². The summed E-state index contributed by atoms with van der Waals surface area (Å²) in [6.45, 7) is 9.03. The summed E-state index contributed by atoms with van der Waals surface area (Å²) in [5, 5.41) is 5.79. The van der Waals surface area contributed by atoms with Gasteiger partial charge in [0.2, 0.25) is 11.8 Å². The van der Waals surface area contributed by atoms with E-state index in [9.17, 15) is 9.59 Å². The molecule has 0 spiro atoms. The van der Waals surface area contributed by atoms with Crippen molar-refractivity contribution < 1.29 is 9.59 Å². The first-order valence-corrected chi connectivity index (χ1v) is 10.7. The molecule has 0 aromatic rings. The Morgan fingerprint density at radius 2 is 1.58 bits per heavy atom. The molecule has 0 heterocycles. The van der Waals surface area contributed by atoms with E-state index in [1.165, 1.54) is 38.5 Å². The number of rotatable bonds is 9. The van der Waals surface area contributed by atoms with Crippen LogP contribution in [0.2, 0.25) is 0 Å². The van der Waals surface area contributed by atoms with E-state index in [0.29, 0.717) is 19.0 Å². The van der Waals surface area contributed by atoms with Crippen LogP contribution >= 0.6 is 0 Å². The number of nitrogens with one attached hydrogen (secondary N) is 2. The van der Waals surface area contributed by atoms with Crippen LogP contribution in [0.3, 0.4) is 0 Å². The molecule has 5 nitrogen and oxygen atoms in total. The third-order valence-electron chi connectivity index (χ3n) is 7.00. The summed E-state index contributed by atoms with van der Waals surface area (Å²) in [5.74, 6) is 2.57. The summed E-state index contributed by atoms with van der Waals surface area (Å²) in [6.07, 6.45) is 8.53. The van der Waals surface area contributed by atoms with Crippen LogP contribution in [0.25, 0.3) is 0 Å². The fraction of sp³-hybridized carbons (Fsp3) is 0.905. The zero-order chi connectivity index (χ0) is 18.7. The second kappa shape index (κ2) is 8.28. The first kappa shape index (κ1) is 19.7. The van der Waals surface area contributed by atoms with Crippen molar-refractivity contribution in [2.24, 2.45) is 23.2 Å². The first-order valence-electron chi connectivity index (χ1n) is 10.7. The highest BCUT2D eigenvalue weighted by Gasteiger charge is 2.51. The fourth-order valence-corrected chi connectivity index (χ4v) is 6.27. The Kier molecular flexibility index (Phi) is 6.26. The molecule has 2 amide bonds. The van der Waals surface area contributed by atoms with Crippen LogP contribution in [0, 0.1) is 23.2 Å². The molecule has 0 saturated heterocycles. The van der Waals surface area contributed by atoms with Crippen LogP contribution in [0.5, 0.6) is 0 Å². The first-order chi connectivity index (χ1) is 12.4. The van der Waals surface area contributed by atoms with Gasteiger partial charge in [-0.25, -0.2) is 0 Å². The van der Waals surface area contributed by atoms with Gasteiger partial charge in [0.25, 0.3) is 0 Å². The fourth-order valence-electron chi connectivity index (χ4n) is 6.27. The molecule has 4 aliphatic rings. The Labute approximate surface area is 158 Å². The van der Waals surface area contributed by atoms with Gasteiger partial charge < -0.3 is 10.6 Å². The lowest BCUT2D eigenvalue weighted by atomic mass is 9.49. The highest BCUT2D eigenvalue weighted by molar-refractivity contribution is 5.84. The number of amides is 2. The van der Waals surface area contributed by atoms with Crippen LogP contribution < -0.4 is 10.6 Å². The van der Waals surface area contributed by atoms with Gasteiger partial charge in [-0.3, -0.25) is 14.5 Å². The average Bonchev–Trinajstić information content (AvgIpc) is 2.55. The van der Waals surface area contributed by atoms with Crippen molar-refractivity contribution in [3.8, 4) is 0 Å². The zero-order valence-electron chi connectivity index (χ0n) is 16.9. The van der Waals surface area contributed by atoms with Gasteiger partial charge in [-0.1, -0.05) is 6.92 Å². The smallest absolute Gasteiger partial charge is 0.239 e. The van der Waals surface area contributed by atoms with Gasteiger partial charge in [0.1, 0.15) is 0 Å². The normalized spacial score (nSPS) is 32.3. The molecule has 26 heavy (non-hydrogen) atoms. The molecule has 0 unspecified atom stereocenters. The molecule has 2 N–H and O–H groups in total. The molecule has 4 saturated carbocycles. The predicted octanol–water partition coefficient (Wildman–Crippen LogP) is 2.56. The summed E-state index contributed by atoms with van der Waals surface area (Å²) >= 11 is 0. The number of hydrogen-bond acceptors (Lipinski definition) is 3. The maximum atomic E-state index is 12.5. The minimum atomic E-state index is -0.0799. The van der Waals surface area contributed by atoms with Crippen LogP contribution in [-0.2, 0) is 9.59 Å². The molecule has 4 bridgehead atoms. The monoisotopic (exact) mass is 363 g/mol. The van der Waals surface area contributed by atoms with Gasteiger partial charge in [-0.05, 0) is 82.1 Å². The molecule has 5 heteroatoms. The number of carbonyl (C=O) groups excluding carboxylic acids is 2. The summed E-state index contributed by atoms with van der Waals surface area (Å²) in [5.41, 5.74) is 0.244. The molecule has 4 fully saturated rings. The maximum Gasteiger partial charge on any atom is 0.239 e. The maximum absolute atomic E-state index is 12.5. The van der Waals surface area contributed by atoms with E-state index in [0.717, 1.165) is 30.8 Å². The van der Waals surface area contributed by atoms with Crippen LogP contribution in [0.15, 0.2) is 0 Å². The summed E-state index contributed by atoms with van der Waals surface area (Å²) in [7, 11) is 0. The molecule has 0 radical (unpaired) electrons. The molecule has 4 aliphatic carbocycles. The molecule has 0 atom stereocenters. The van der Waals surface area contributed by atoms with E-state index >= 15 is 0 Å². The Morgan fingerprint density at radius 1 is 1.00 bits per heavy atom. The molecule has 0 aromatic heterocycles. The van der Waals surface area contributed by atoms with Crippen LogP contribution in [0.4, 0.5) is 0 Å². The van der Waals surface area contributed by atoms with Gasteiger partial charge in [0.15, 0.2) is 0 Å². The SMILES string of the molecule is CCN(CCNC(=O)CNC(=O)CC12CC3CC(CC(C3)C1)C2)C(C)C. The molecule has 0 aliphatic heterocycles. The largest absolute Gasteiger partial charge is 0.353 e. The topological polar surface area (TPSA) is 61.4 Å². The van der Waals surface area contributed by atoms with Gasteiger partial charge >= 0.3 is 0 Å².